The highest BCUT2D eigenvalue weighted by molar-refractivity contribution is 5.43. The minimum absolute atomic E-state index is 0.505. The predicted octanol–water partition coefficient (Wildman–Crippen LogP) is 2.78. The zero-order chi connectivity index (χ0) is 14.8. The third-order valence-electron chi connectivity index (χ3n) is 2.59. The van der Waals surface area contributed by atoms with E-state index >= 15 is 0 Å². The van der Waals surface area contributed by atoms with E-state index in [2.05, 4.69) is 11.9 Å². The first kappa shape index (κ1) is 16.5. The molecule has 0 aromatic heterocycles. The summed E-state index contributed by atoms with van der Waals surface area (Å²) in [5.74, 6) is 1.54. The van der Waals surface area contributed by atoms with Gasteiger partial charge in [-0.3, -0.25) is 0 Å². The van der Waals surface area contributed by atoms with Gasteiger partial charge in [-0.05, 0) is 37.1 Å². The summed E-state index contributed by atoms with van der Waals surface area (Å²) in [4.78, 5) is 0. The van der Waals surface area contributed by atoms with Crippen molar-refractivity contribution >= 4 is 0 Å². The first-order valence-electron chi connectivity index (χ1n) is 6.90. The molecular weight excluding hydrogens is 254 g/mol. The van der Waals surface area contributed by atoms with E-state index in [-0.39, 0.29) is 0 Å². The summed E-state index contributed by atoms with van der Waals surface area (Å²) in [5, 5.41) is 3.31. The molecule has 0 atom stereocenters. The second-order valence-electron chi connectivity index (χ2n) is 4.63. The first-order chi connectivity index (χ1) is 9.67. The maximum absolute atomic E-state index is 5.68. The van der Waals surface area contributed by atoms with E-state index < -0.39 is 0 Å². The van der Waals surface area contributed by atoms with Gasteiger partial charge in [0.2, 0.25) is 0 Å². The highest BCUT2D eigenvalue weighted by Crippen LogP contribution is 2.28. The van der Waals surface area contributed by atoms with Crippen LogP contribution in [0, 0.1) is 0 Å². The summed E-state index contributed by atoms with van der Waals surface area (Å²) >= 11 is 0. The van der Waals surface area contributed by atoms with Crippen molar-refractivity contribution < 1.29 is 14.2 Å². The van der Waals surface area contributed by atoms with Crippen molar-refractivity contribution in [1.82, 2.24) is 5.32 Å². The molecule has 1 aromatic carbocycles. The number of rotatable bonds is 10. The molecule has 1 N–H and O–H groups in total. The lowest BCUT2D eigenvalue weighted by atomic mass is 10.2. The maximum Gasteiger partial charge on any atom is 0.161 e. The Labute approximate surface area is 121 Å². The first-order valence-corrected chi connectivity index (χ1v) is 6.90. The SMILES string of the molecule is C=C(C)COc1ccc(CNCCOC)cc1OCC. The van der Waals surface area contributed by atoms with Crippen LogP contribution in [-0.2, 0) is 11.3 Å². The van der Waals surface area contributed by atoms with Crippen LogP contribution in [0.15, 0.2) is 30.4 Å². The van der Waals surface area contributed by atoms with Crippen molar-refractivity contribution in [2.45, 2.75) is 20.4 Å². The molecular formula is C16H25NO3. The van der Waals surface area contributed by atoms with Crippen LogP contribution in [-0.4, -0.2) is 33.5 Å². The van der Waals surface area contributed by atoms with Gasteiger partial charge in [0.1, 0.15) is 6.61 Å². The Morgan fingerprint density at radius 2 is 2.05 bits per heavy atom. The van der Waals surface area contributed by atoms with E-state index in [1.165, 1.54) is 0 Å². The van der Waals surface area contributed by atoms with Gasteiger partial charge in [-0.2, -0.15) is 0 Å². The van der Waals surface area contributed by atoms with Crippen molar-refractivity contribution in [3.8, 4) is 11.5 Å². The summed E-state index contributed by atoms with van der Waals surface area (Å²) in [6, 6.07) is 5.99. The summed E-state index contributed by atoms with van der Waals surface area (Å²) in [7, 11) is 1.70. The Morgan fingerprint density at radius 1 is 1.25 bits per heavy atom. The highest BCUT2D eigenvalue weighted by Gasteiger charge is 2.06. The number of methoxy groups -OCH3 is 1. The van der Waals surface area contributed by atoms with E-state index in [0.717, 1.165) is 35.7 Å². The molecule has 4 heteroatoms. The molecule has 1 rings (SSSR count). The van der Waals surface area contributed by atoms with Gasteiger partial charge in [0.15, 0.2) is 11.5 Å². The van der Waals surface area contributed by atoms with Gasteiger partial charge in [-0.25, -0.2) is 0 Å². The number of ether oxygens (including phenoxy) is 3. The second-order valence-corrected chi connectivity index (χ2v) is 4.63. The standard InChI is InChI=1S/C16H25NO3/c1-5-19-16-10-14(11-17-8-9-18-4)6-7-15(16)20-12-13(2)3/h6-7,10,17H,2,5,8-9,11-12H2,1,3-4H3. The molecule has 0 unspecified atom stereocenters. The van der Waals surface area contributed by atoms with E-state index in [1.54, 1.807) is 7.11 Å². The minimum Gasteiger partial charge on any atom is -0.490 e. The topological polar surface area (TPSA) is 39.7 Å². The van der Waals surface area contributed by atoms with Crippen LogP contribution < -0.4 is 14.8 Å². The largest absolute Gasteiger partial charge is 0.490 e. The summed E-state index contributed by atoms with van der Waals surface area (Å²) in [6.45, 7) is 11.2. The van der Waals surface area contributed by atoms with Gasteiger partial charge < -0.3 is 19.5 Å². The van der Waals surface area contributed by atoms with Gasteiger partial charge in [0.25, 0.3) is 0 Å². The fourth-order valence-corrected chi connectivity index (χ4v) is 1.66. The van der Waals surface area contributed by atoms with Gasteiger partial charge in [-0.15, -0.1) is 0 Å². The molecule has 0 aliphatic rings. The van der Waals surface area contributed by atoms with E-state index in [0.29, 0.717) is 19.8 Å². The lowest BCUT2D eigenvalue weighted by molar-refractivity contribution is 0.199. The van der Waals surface area contributed by atoms with Crippen molar-refractivity contribution in [3.63, 3.8) is 0 Å². The van der Waals surface area contributed by atoms with Crippen LogP contribution in [0.4, 0.5) is 0 Å². The maximum atomic E-state index is 5.68. The van der Waals surface area contributed by atoms with E-state index in [4.69, 9.17) is 14.2 Å². The molecule has 0 aliphatic carbocycles. The average Bonchev–Trinajstić information content (AvgIpc) is 2.43. The molecule has 0 saturated carbocycles. The Kier molecular flexibility index (Phi) is 7.77. The zero-order valence-corrected chi connectivity index (χ0v) is 12.7. The monoisotopic (exact) mass is 279 g/mol. The molecule has 112 valence electrons. The number of benzene rings is 1. The normalized spacial score (nSPS) is 10.3. The third kappa shape index (κ3) is 6.08. The molecule has 0 amide bonds. The molecule has 0 heterocycles. The Hall–Kier alpha value is -1.52. The molecule has 0 fully saturated rings. The van der Waals surface area contributed by atoms with Crippen molar-refractivity contribution in [3.05, 3.63) is 35.9 Å². The van der Waals surface area contributed by atoms with Crippen molar-refractivity contribution in [2.24, 2.45) is 0 Å². The van der Waals surface area contributed by atoms with Gasteiger partial charge in [0, 0.05) is 20.2 Å². The molecule has 1 aromatic rings. The smallest absolute Gasteiger partial charge is 0.161 e. The molecule has 4 nitrogen and oxygen atoms in total. The van der Waals surface area contributed by atoms with Crippen LogP contribution in [0.25, 0.3) is 0 Å². The highest BCUT2D eigenvalue weighted by atomic mass is 16.5. The van der Waals surface area contributed by atoms with E-state index in [9.17, 15) is 0 Å². The molecule has 0 aliphatic heterocycles. The lowest BCUT2D eigenvalue weighted by Gasteiger charge is -2.13. The average molecular weight is 279 g/mol. The Balaban J connectivity index is 2.65. The van der Waals surface area contributed by atoms with E-state index in [1.807, 2.05) is 32.0 Å². The fraction of sp³-hybridized carbons (Fsp3) is 0.500. The summed E-state index contributed by atoms with van der Waals surface area (Å²) in [6.07, 6.45) is 0. The second kappa shape index (κ2) is 9.39. The molecule has 0 radical (unpaired) electrons. The van der Waals surface area contributed by atoms with Crippen LogP contribution in [0.5, 0.6) is 11.5 Å². The van der Waals surface area contributed by atoms with Crippen LogP contribution in [0.3, 0.4) is 0 Å². The molecule has 20 heavy (non-hydrogen) atoms. The number of hydrogen-bond acceptors (Lipinski definition) is 4. The van der Waals surface area contributed by atoms with Crippen LogP contribution in [0.1, 0.15) is 19.4 Å². The predicted molar refractivity (Wildman–Crippen MR) is 81.5 cm³/mol. The van der Waals surface area contributed by atoms with Gasteiger partial charge in [-0.1, -0.05) is 12.6 Å². The fourth-order valence-electron chi connectivity index (χ4n) is 1.66. The van der Waals surface area contributed by atoms with Crippen molar-refractivity contribution in [2.75, 3.05) is 33.5 Å². The number of nitrogens with one attached hydrogen (secondary N) is 1. The molecule has 0 saturated heterocycles. The minimum atomic E-state index is 0.505. The summed E-state index contributed by atoms with van der Waals surface area (Å²) in [5.41, 5.74) is 2.14. The van der Waals surface area contributed by atoms with Crippen LogP contribution >= 0.6 is 0 Å². The van der Waals surface area contributed by atoms with Crippen LogP contribution in [0.2, 0.25) is 0 Å². The molecule has 0 spiro atoms. The Bertz CT molecular complexity index is 418. The Morgan fingerprint density at radius 3 is 2.70 bits per heavy atom. The third-order valence-corrected chi connectivity index (χ3v) is 2.59. The van der Waals surface area contributed by atoms with Crippen molar-refractivity contribution in [1.29, 1.82) is 0 Å². The quantitative estimate of drug-likeness (QED) is 0.528. The lowest BCUT2D eigenvalue weighted by Crippen LogP contribution is -2.18. The molecule has 0 bridgehead atoms. The zero-order valence-electron chi connectivity index (χ0n) is 12.7. The summed E-state index contributed by atoms with van der Waals surface area (Å²) < 4.78 is 16.3. The van der Waals surface area contributed by atoms with Gasteiger partial charge >= 0.3 is 0 Å². The van der Waals surface area contributed by atoms with Gasteiger partial charge in [0.05, 0.1) is 13.2 Å². The number of hydrogen-bond donors (Lipinski definition) is 1.